The number of hydrogen-bond acceptors (Lipinski definition) is 3. The number of anilines is 1. The van der Waals surface area contributed by atoms with E-state index in [1.807, 2.05) is 49.4 Å². The van der Waals surface area contributed by atoms with Gasteiger partial charge in [0.25, 0.3) is 5.91 Å². The number of thioether (sulfide) groups is 1. The van der Waals surface area contributed by atoms with Crippen molar-refractivity contribution < 1.29 is 9.59 Å². The summed E-state index contributed by atoms with van der Waals surface area (Å²) in [5.74, 6) is -0.376. The van der Waals surface area contributed by atoms with Crippen molar-refractivity contribution in [3.8, 4) is 0 Å². The summed E-state index contributed by atoms with van der Waals surface area (Å²) >= 11 is 7.34. The molecule has 154 valence electrons. The first-order valence-electron chi connectivity index (χ1n) is 9.67. The second kappa shape index (κ2) is 10.9. The Morgan fingerprint density at radius 3 is 2.33 bits per heavy atom. The summed E-state index contributed by atoms with van der Waals surface area (Å²) < 4.78 is 0. The van der Waals surface area contributed by atoms with Crippen LogP contribution in [0, 0.1) is 0 Å². The quantitative estimate of drug-likeness (QED) is 0.461. The zero-order valence-corrected chi connectivity index (χ0v) is 18.2. The van der Waals surface area contributed by atoms with Crippen LogP contribution in [0.3, 0.4) is 0 Å². The molecule has 0 saturated heterocycles. The van der Waals surface area contributed by atoms with E-state index < -0.39 is 0 Å². The first-order chi connectivity index (χ1) is 14.5. The number of amides is 2. The SMILES string of the molecule is C[C@@H](Sc1ccc(Cl)cc1)C(=O)Nc1ccccc1C(=O)NCCc1ccccc1. The van der Waals surface area contributed by atoms with Crippen LogP contribution in [0.15, 0.2) is 83.8 Å². The highest BCUT2D eigenvalue weighted by Gasteiger charge is 2.18. The molecule has 0 spiro atoms. The van der Waals surface area contributed by atoms with E-state index >= 15 is 0 Å². The summed E-state index contributed by atoms with van der Waals surface area (Å²) in [6.45, 7) is 2.35. The standard InChI is InChI=1S/C24H23ClN2O2S/c1-17(30-20-13-11-19(25)12-14-20)23(28)27-22-10-6-5-9-21(22)24(29)26-16-15-18-7-3-2-4-8-18/h2-14,17H,15-16H2,1H3,(H,26,29)(H,27,28)/t17-/m1/s1. The molecule has 30 heavy (non-hydrogen) atoms. The third-order valence-corrected chi connectivity index (χ3v) is 5.83. The van der Waals surface area contributed by atoms with E-state index in [1.54, 1.807) is 36.4 Å². The van der Waals surface area contributed by atoms with Crippen LogP contribution in [0.25, 0.3) is 0 Å². The van der Waals surface area contributed by atoms with Gasteiger partial charge in [-0.3, -0.25) is 9.59 Å². The molecule has 0 fully saturated rings. The molecule has 2 amide bonds. The van der Waals surface area contributed by atoms with Gasteiger partial charge in [0.15, 0.2) is 0 Å². The largest absolute Gasteiger partial charge is 0.352 e. The summed E-state index contributed by atoms with van der Waals surface area (Å²) in [5, 5.41) is 6.13. The van der Waals surface area contributed by atoms with Crippen LogP contribution in [-0.4, -0.2) is 23.6 Å². The molecular weight excluding hydrogens is 416 g/mol. The van der Waals surface area contributed by atoms with Crippen LogP contribution in [0.1, 0.15) is 22.8 Å². The summed E-state index contributed by atoms with van der Waals surface area (Å²) in [4.78, 5) is 26.3. The Labute approximate surface area is 186 Å². The summed E-state index contributed by atoms with van der Waals surface area (Å²) in [5.41, 5.74) is 2.11. The number of halogens is 1. The summed E-state index contributed by atoms with van der Waals surface area (Å²) in [6, 6.07) is 24.4. The first kappa shape index (κ1) is 21.9. The van der Waals surface area contributed by atoms with Crippen molar-refractivity contribution >= 4 is 40.9 Å². The predicted molar refractivity (Wildman–Crippen MR) is 124 cm³/mol. The average Bonchev–Trinajstić information content (AvgIpc) is 2.76. The topological polar surface area (TPSA) is 58.2 Å². The molecular formula is C24H23ClN2O2S. The number of rotatable bonds is 8. The molecule has 4 nitrogen and oxygen atoms in total. The lowest BCUT2D eigenvalue weighted by atomic mass is 10.1. The summed E-state index contributed by atoms with van der Waals surface area (Å²) in [6.07, 6.45) is 0.746. The molecule has 2 N–H and O–H groups in total. The van der Waals surface area contributed by atoms with Crippen LogP contribution in [0.5, 0.6) is 0 Å². The number of hydrogen-bond donors (Lipinski definition) is 2. The fraction of sp³-hybridized carbons (Fsp3) is 0.167. The monoisotopic (exact) mass is 438 g/mol. The first-order valence-corrected chi connectivity index (χ1v) is 10.9. The molecule has 0 aliphatic carbocycles. The second-order valence-electron chi connectivity index (χ2n) is 6.74. The van der Waals surface area contributed by atoms with Gasteiger partial charge in [-0.1, -0.05) is 54.1 Å². The van der Waals surface area contributed by atoms with Crippen molar-refractivity contribution in [3.63, 3.8) is 0 Å². The van der Waals surface area contributed by atoms with Crippen LogP contribution in [0.2, 0.25) is 5.02 Å². The van der Waals surface area contributed by atoms with Gasteiger partial charge >= 0.3 is 0 Å². The lowest BCUT2D eigenvalue weighted by Gasteiger charge is -2.15. The van der Waals surface area contributed by atoms with Crippen LogP contribution < -0.4 is 10.6 Å². The molecule has 0 radical (unpaired) electrons. The Morgan fingerprint density at radius 2 is 1.60 bits per heavy atom. The van der Waals surface area contributed by atoms with E-state index in [0.717, 1.165) is 16.9 Å². The highest BCUT2D eigenvalue weighted by Crippen LogP contribution is 2.26. The van der Waals surface area contributed by atoms with Crippen molar-refractivity contribution in [1.82, 2.24) is 5.32 Å². The molecule has 0 aliphatic rings. The number of carbonyl (C=O) groups excluding carboxylic acids is 2. The number of nitrogens with one attached hydrogen (secondary N) is 2. The molecule has 0 heterocycles. The van der Waals surface area contributed by atoms with Gasteiger partial charge < -0.3 is 10.6 Å². The molecule has 0 aromatic heterocycles. The van der Waals surface area contributed by atoms with Crippen molar-refractivity contribution in [1.29, 1.82) is 0 Å². The number of benzene rings is 3. The molecule has 3 aromatic rings. The molecule has 0 bridgehead atoms. The number of carbonyl (C=O) groups is 2. The fourth-order valence-corrected chi connectivity index (χ4v) is 3.85. The Kier molecular flexibility index (Phi) is 7.94. The van der Waals surface area contributed by atoms with E-state index in [9.17, 15) is 9.59 Å². The van der Waals surface area contributed by atoms with E-state index in [1.165, 1.54) is 11.8 Å². The molecule has 6 heteroatoms. The number of para-hydroxylation sites is 1. The van der Waals surface area contributed by atoms with Gasteiger partial charge in [0.05, 0.1) is 16.5 Å². The van der Waals surface area contributed by atoms with E-state index in [-0.39, 0.29) is 17.1 Å². The molecule has 0 unspecified atom stereocenters. The molecule has 1 atom stereocenters. The summed E-state index contributed by atoms with van der Waals surface area (Å²) in [7, 11) is 0. The minimum absolute atomic E-state index is 0.167. The van der Waals surface area contributed by atoms with Gasteiger partial charge in [0, 0.05) is 16.5 Å². The maximum absolute atomic E-state index is 12.7. The zero-order chi connectivity index (χ0) is 21.3. The fourth-order valence-electron chi connectivity index (χ4n) is 2.86. The third kappa shape index (κ3) is 6.37. The smallest absolute Gasteiger partial charge is 0.253 e. The van der Waals surface area contributed by atoms with E-state index in [2.05, 4.69) is 10.6 Å². The minimum Gasteiger partial charge on any atom is -0.352 e. The van der Waals surface area contributed by atoms with Crippen molar-refractivity contribution in [2.24, 2.45) is 0 Å². The zero-order valence-electron chi connectivity index (χ0n) is 16.6. The average molecular weight is 439 g/mol. The van der Waals surface area contributed by atoms with Gasteiger partial charge in [-0.25, -0.2) is 0 Å². The van der Waals surface area contributed by atoms with Gasteiger partial charge in [-0.15, -0.1) is 11.8 Å². The van der Waals surface area contributed by atoms with Gasteiger partial charge in [0.1, 0.15) is 0 Å². The van der Waals surface area contributed by atoms with Gasteiger partial charge in [0.2, 0.25) is 5.91 Å². The second-order valence-corrected chi connectivity index (χ2v) is 8.59. The highest BCUT2D eigenvalue weighted by molar-refractivity contribution is 8.00. The lowest BCUT2D eigenvalue weighted by molar-refractivity contribution is -0.115. The molecule has 0 aliphatic heterocycles. The van der Waals surface area contributed by atoms with Gasteiger partial charge in [-0.2, -0.15) is 0 Å². The van der Waals surface area contributed by atoms with Gasteiger partial charge in [-0.05, 0) is 55.3 Å². The molecule has 3 rings (SSSR count). The minimum atomic E-state index is -0.333. The van der Waals surface area contributed by atoms with Crippen LogP contribution in [0.4, 0.5) is 5.69 Å². The third-order valence-electron chi connectivity index (χ3n) is 4.47. The Morgan fingerprint density at radius 1 is 0.933 bits per heavy atom. The molecule has 3 aromatic carbocycles. The maximum Gasteiger partial charge on any atom is 0.253 e. The Balaban J connectivity index is 1.58. The Bertz CT molecular complexity index is 994. The van der Waals surface area contributed by atoms with Crippen LogP contribution in [-0.2, 0) is 11.2 Å². The van der Waals surface area contributed by atoms with Crippen molar-refractivity contribution in [2.75, 3.05) is 11.9 Å². The van der Waals surface area contributed by atoms with Crippen molar-refractivity contribution in [3.05, 3.63) is 95.0 Å². The lowest BCUT2D eigenvalue weighted by Crippen LogP contribution is -2.28. The van der Waals surface area contributed by atoms with E-state index in [4.69, 9.17) is 11.6 Å². The molecule has 0 saturated carbocycles. The Hall–Kier alpha value is -2.76. The van der Waals surface area contributed by atoms with Crippen LogP contribution >= 0.6 is 23.4 Å². The predicted octanol–water partition coefficient (Wildman–Crippen LogP) is 5.43. The normalized spacial score (nSPS) is 11.5. The maximum atomic E-state index is 12.7. The van der Waals surface area contributed by atoms with E-state index in [0.29, 0.717) is 22.8 Å². The highest BCUT2D eigenvalue weighted by atomic mass is 35.5. The van der Waals surface area contributed by atoms with Crippen molar-refractivity contribution in [2.45, 2.75) is 23.5 Å².